The number of para-hydroxylation sites is 1. The van der Waals surface area contributed by atoms with Crippen LogP contribution in [-0.2, 0) is 4.79 Å². The Morgan fingerprint density at radius 3 is 2.70 bits per heavy atom. The molecule has 4 heteroatoms. The normalized spacial score (nSPS) is 11.8. The quantitative estimate of drug-likeness (QED) is 0.872. The summed E-state index contributed by atoms with van der Waals surface area (Å²) in [5.74, 6) is -0.366. The summed E-state index contributed by atoms with van der Waals surface area (Å²) in [5, 5.41) is 2.95. The number of hydrogen-bond acceptors (Lipinski definition) is 2. The summed E-state index contributed by atoms with van der Waals surface area (Å²) in [7, 11) is 0. The summed E-state index contributed by atoms with van der Waals surface area (Å²) in [6.07, 6.45) is 0.184. The fourth-order valence-electron chi connectivity index (χ4n) is 2.43. The second kappa shape index (κ2) is 7.77. The van der Waals surface area contributed by atoms with Gasteiger partial charge in [-0.25, -0.2) is 4.39 Å². The third-order valence-corrected chi connectivity index (χ3v) is 3.70. The van der Waals surface area contributed by atoms with Crippen LogP contribution in [0.2, 0.25) is 0 Å². The molecule has 0 bridgehead atoms. The van der Waals surface area contributed by atoms with Crippen LogP contribution in [0.1, 0.15) is 36.1 Å². The lowest BCUT2D eigenvalue weighted by atomic mass is 10.00. The summed E-state index contributed by atoms with van der Waals surface area (Å²) in [4.78, 5) is 12.0. The number of ether oxygens (including phenoxy) is 1. The van der Waals surface area contributed by atoms with E-state index in [-0.39, 0.29) is 30.7 Å². The highest BCUT2D eigenvalue weighted by molar-refractivity contribution is 5.76. The van der Waals surface area contributed by atoms with Gasteiger partial charge >= 0.3 is 0 Å². The van der Waals surface area contributed by atoms with Gasteiger partial charge in [0.15, 0.2) is 11.6 Å². The number of nitrogens with one attached hydrogen (secondary N) is 1. The summed E-state index contributed by atoms with van der Waals surface area (Å²) in [5.41, 5.74) is 3.41. The molecule has 1 atom stereocenters. The molecule has 0 aliphatic rings. The number of benzene rings is 2. The van der Waals surface area contributed by atoms with Gasteiger partial charge in [0.2, 0.25) is 5.91 Å². The van der Waals surface area contributed by atoms with Crippen LogP contribution >= 0.6 is 0 Å². The van der Waals surface area contributed by atoms with Gasteiger partial charge in [-0.15, -0.1) is 0 Å². The monoisotopic (exact) mass is 315 g/mol. The standard InChI is InChI=1S/C19H22FNO2/c1-13-8-9-14(2)16(12-13)15(3)21-19(22)10-11-23-18-7-5-4-6-17(18)20/h4-9,12,15H,10-11H2,1-3H3,(H,21,22). The van der Waals surface area contributed by atoms with Crippen molar-refractivity contribution in [3.05, 3.63) is 65.0 Å². The number of carbonyl (C=O) groups is 1. The molecule has 0 saturated carbocycles. The lowest BCUT2D eigenvalue weighted by Gasteiger charge is -2.17. The van der Waals surface area contributed by atoms with Crippen LogP contribution in [0.4, 0.5) is 4.39 Å². The molecule has 1 amide bonds. The second-order valence-electron chi connectivity index (χ2n) is 5.68. The van der Waals surface area contributed by atoms with E-state index in [1.807, 2.05) is 20.8 Å². The number of amides is 1. The van der Waals surface area contributed by atoms with Crippen molar-refractivity contribution in [1.82, 2.24) is 5.32 Å². The Kier molecular flexibility index (Phi) is 5.74. The van der Waals surface area contributed by atoms with Gasteiger partial charge in [-0.3, -0.25) is 4.79 Å². The minimum Gasteiger partial charge on any atom is -0.490 e. The maximum absolute atomic E-state index is 13.4. The van der Waals surface area contributed by atoms with E-state index in [4.69, 9.17) is 4.74 Å². The molecule has 3 nitrogen and oxygen atoms in total. The first-order chi connectivity index (χ1) is 11.0. The van der Waals surface area contributed by atoms with E-state index in [0.717, 1.165) is 16.7 Å². The Bertz CT molecular complexity index is 685. The fraction of sp³-hybridized carbons (Fsp3) is 0.316. The molecule has 2 aromatic carbocycles. The van der Waals surface area contributed by atoms with Gasteiger partial charge in [0.1, 0.15) is 0 Å². The number of halogens is 1. The molecule has 1 N–H and O–H groups in total. The maximum atomic E-state index is 13.4. The van der Waals surface area contributed by atoms with Crippen molar-refractivity contribution in [2.45, 2.75) is 33.2 Å². The van der Waals surface area contributed by atoms with Gasteiger partial charge in [-0.05, 0) is 44.0 Å². The van der Waals surface area contributed by atoms with E-state index < -0.39 is 5.82 Å². The SMILES string of the molecule is Cc1ccc(C)c(C(C)NC(=O)CCOc2ccccc2F)c1. The number of rotatable bonds is 6. The molecule has 122 valence electrons. The van der Waals surface area contributed by atoms with Gasteiger partial charge in [-0.1, -0.05) is 35.9 Å². The lowest BCUT2D eigenvalue weighted by molar-refractivity contribution is -0.122. The predicted octanol–water partition coefficient (Wildman–Crippen LogP) is 4.09. The molecule has 1 unspecified atom stereocenters. The first kappa shape index (κ1) is 17.0. The van der Waals surface area contributed by atoms with Crippen LogP contribution in [0.15, 0.2) is 42.5 Å². The highest BCUT2D eigenvalue weighted by atomic mass is 19.1. The molecule has 0 aliphatic heterocycles. The lowest BCUT2D eigenvalue weighted by Crippen LogP contribution is -2.28. The minimum absolute atomic E-state index is 0.0733. The topological polar surface area (TPSA) is 38.3 Å². The van der Waals surface area contributed by atoms with Crippen molar-refractivity contribution >= 4 is 5.91 Å². The molecule has 0 aliphatic carbocycles. The molecule has 0 spiro atoms. The number of aryl methyl sites for hydroxylation is 2. The molecule has 0 radical (unpaired) electrons. The molecule has 0 saturated heterocycles. The van der Waals surface area contributed by atoms with Crippen molar-refractivity contribution in [3.8, 4) is 5.75 Å². The zero-order valence-corrected chi connectivity index (χ0v) is 13.7. The number of hydrogen-bond donors (Lipinski definition) is 1. The molecular weight excluding hydrogens is 293 g/mol. The zero-order chi connectivity index (χ0) is 16.8. The maximum Gasteiger partial charge on any atom is 0.223 e. The largest absolute Gasteiger partial charge is 0.490 e. The molecule has 0 heterocycles. The first-order valence-corrected chi connectivity index (χ1v) is 7.71. The van der Waals surface area contributed by atoms with Crippen LogP contribution in [0, 0.1) is 19.7 Å². The van der Waals surface area contributed by atoms with Crippen molar-refractivity contribution in [2.75, 3.05) is 6.61 Å². The zero-order valence-electron chi connectivity index (χ0n) is 13.7. The Morgan fingerprint density at radius 1 is 1.22 bits per heavy atom. The highest BCUT2D eigenvalue weighted by Gasteiger charge is 2.12. The minimum atomic E-state index is -0.420. The van der Waals surface area contributed by atoms with Gasteiger partial charge in [0, 0.05) is 0 Å². The smallest absolute Gasteiger partial charge is 0.223 e. The van der Waals surface area contributed by atoms with E-state index in [9.17, 15) is 9.18 Å². The van der Waals surface area contributed by atoms with Crippen molar-refractivity contribution < 1.29 is 13.9 Å². The second-order valence-corrected chi connectivity index (χ2v) is 5.68. The average molecular weight is 315 g/mol. The Morgan fingerprint density at radius 2 is 1.96 bits per heavy atom. The summed E-state index contributed by atoms with van der Waals surface area (Å²) >= 11 is 0. The molecule has 23 heavy (non-hydrogen) atoms. The van der Waals surface area contributed by atoms with Crippen molar-refractivity contribution in [2.24, 2.45) is 0 Å². The van der Waals surface area contributed by atoms with E-state index in [2.05, 4.69) is 23.5 Å². The van der Waals surface area contributed by atoms with E-state index in [1.165, 1.54) is 6.07 Å². The Hall–Kier alpha value is -2.36. The molecule has 2 rings (SSSR count). The van der Waals surface area contributed by atoms with E-state index >= 15 is 0 Å². The van der Waals surface area contributed by atoms with E-state index in [1.54, 1.807) is 18.2 Å². The first-order valence-electron chi connectivity index (χ1n) is 7.71. The number of carbonyl (C=O) groups excluding carboxylic acids is 1. The van der Waals surface area contributed by atoms with Crippen molar-refractivity contribution in [3.63, 3.8) is 0 Å². The summed E-state index contributed by atoms with van der Waals surface area (Å²) in [6, 6.07) is 12.3. The average Bonchev–Trinajstić information content (AvgIpc) is 2.51. The summed E-state index contributed by atoms with van der Waals surface area (Å²) < 4.78 is 18.7. The summed E-state index contributed by atoms with van der Waals surface area (Å²) in [6.45, 7) is 6.15. The van der Waals surface area contributed by atoms with Gasteiger partial charge < -0.3 is 10.1 Å². The highest BCUT2D eigenvalue weighted by Crippen LogP contribution is 2.19. The molecule has 2 aromatic rings. The predicted molar refractivity (Wildman–Crippen MR) is 89.0 cm³/mol. The Labute approximate surface area is 136 Å². The molecule has 0 fully saturated rings. The molecular formula is C19H22FNO2. The van der Waals surface area contributed by atoms with Gasteiger partial charge in [0.25, 0.3) is 0 Å². The Balaban J connectivity index is 1.85. The third-order valence-electron chi connectivity index (χ3n) is 3.70. The van der Waals surface area contributed by atoms with Crippen molar-refractivity contribution in [1.29, 1.82) is 0 Å². The van der Waals surface area contributed by atoms with Crippen LogP contribution < -0.4 is 10.1 Å². The third kappa shape index (κ3) is 4.81. The molecule has 0 aromatic heterocycles. The van der Waals surface area contributed by atoms with Crippen LogP contribution in [0.25, 0.3) is 0 Å². The van der Waals surface area contributed by atoms with Crippen LogP contribution in [0.5, 0.6) is 5.75 Å². The van der Waals surface area contributed by atoms with Gasteiger partial charge in [-0.2, -0.15) is 0 Å². The van der Waals surface area contributed by atoms with Crippen LogP contribution in [0.3, 0.4) is 0 Å². The van der Waals surface area contributed by atoms with E-state index in [0.29, 0.717) is 0 Å². The van der Waals surface area contributed by atoms with Crippen LogP contribution in [-0.4, -0.2) is 12.5 Å². The fourth-order valence-corrected chi connectivity index (χ4v) is 2.43. The van der Waals surface area contributed by atoms with Gasteiger partial charge in [0.05, 0.1) is 19.1 Å².